The summed E-state index contributed by atoms with van der Waals surface area (Å²) in [4.78, 5) is 10.4. The number of nitrogens with zero attached hydrogens (tertiary/aromatic N) is 2. The molecule has 17 heavy (non-hydrogen) atoms. The molecule has 0 amide bonds. The number of aryl methyl sites for hydroxylation is 1. The van der Waals surface area contributed by atoms with Crippen molar-refractivity contribution in [2.24, 2.45) is 7.05 Å². The molecule has 1 aromatic rings. The van der Waals surface area contributed by atoms with Crippen molar-refractivity contribution in [3.63, 3.8) is 0 Å². The van der Waals surface area contributed by atoms with Gasteiger partial charge < -0.3 is 5.11 Å². The molecule has 0 aliphatic carbocycles. The summed E-state index contributed by atoms with van der Waals surface area (Å²) in [5.41, 5.74) is -0.359. The zero-order valence-corrected chi connectivity index (χ0v) is 10.4. The van der Waals surface area contributed by atoms with Crippen molar-refractivity contribution in [1.29, 1.82) is 0 Å². The Morgan fingerprint density at radius 3 is 2.53 bits per heavy atom. The first kappa shape index (κ1) is 13.9. The summed E-state index contributed by atoms with van der Waals surface area (Å²) in [6.07, 6.45) is -1.29. The highest BCUT2D eigenvalue weighted by atomic mass is 35.5. The third-order valence-electron chi connectivity index (χ3n) is 2.29. The monoisotopic (exact) mass is 266 g/mol. The summed E-state index contributed by atoms with van der Waals surface area (Å²) in [6.45, 7) is 3.39. The summed E-state index contributed by atoms with van der Waals surface area (Å²) in [6, 6.07) is 0. The SMILES string of the molecule is CC(C)c1nn(C)c(Cl)c1C(F)(F)CC(=O)O. The van der Waals surface area contributed by atoms with Crippen LogP contribution in [0.15, 0.2) is 0 Å². The molecule has 1 N–H and O–H groups in total. The van der Waals surface area contributed by atoms with Crippen molar-refractivity contribution in [1.82, 2.24) is 9.78 Å². The normalized spacial score (nSPS) is 12.2. The predicted octanol–water partition coefficient (Wildman–Crippen LogP) is 2.76. The maximum absolute atomic E-state index is 13.8. The van der Waals surface area contributed by atoms with Crippen LogP contribution in [0.3, 0.4) is 0 Å². The van der Waals surface area contributed by atoms with E-state index in [9.17, 15) is 13.6 Å². The lowest BCUT2D eigenvalue weighted by molar-refractivity contribution is -0.145. The third kappa shape index (κ3) is 2.74. The van der Waals surface area contributed by atoms with Crippen LogP contribution in [0, 0.1) is 0 Å². The minimum atomic E-state index is -3.52. The van der Waals surface area contributed by atoms with Gasteiger partial charge in [0.1, 0.15) is 11.6 Å². The summed E-state index contributed by atoms with van der Waals surface area (Å²) in [5, 5.41) is 12.2. The number of carboxylic acids is 1. The van der Waals surface area contributed by atoms with Gasteiger partial charge in [-0.25, -0.2) is 8.78 Å². The topological polar surface area (TPSA) is 55.1 Å². The van der Waals surface area contributed by atoms with E-state index < -0.39 is 23.9 Å². The minimum Gasteiger partial charge on any atom is -0.481 e. The Morgan fingerprint density at radius 1 is 1.59 bits per heavy atom. The van der Waals surface area contributed by atoms with Gasteiger partial charge in [0.05, 0.1) is 11.3 Å². The van der Waals surface area contributed by atoms with Crippen LogP contribution in [-0.2, 0) is 17.8 Å². The van der Waals surface area contributed by atoms with E-state index in [1.165, 1.54) is 7.05 Å². The molecule has 0 radical (unpaired) electrons. The fourth-order valence-electron chi connectivity index (χ4n) is 1.54. The Bertz CT molecular complexity index is 444. The number of carboxylic acid groups (broad SMARTS) is 1. The van der Waals surface area contributed by atoms with E-state index in [1.54, 1.807) is 13.8 Å². The number of hydrogen-bond donors (Lipinski definition) is 1. The molecule has 1 heterocycles. The lowest BCUT2D eigenvalue weighted by atomic mass is 10.00. The van der Waals surface area contributed by atoms with E-state index in [4.69, 9.17) is 16.7 Å². The van der Waals surface area contributed by atoms with Gasteiger partial charge in [-0.1, -0.05) is 25.4 Å². The van der Waals surface area contributed by atoms with E-state index in [-0.39, 0.29) is 16.8 Å². The van der Waals surface area contributed by atoms with Crippen molar-refractivity contribution in [3.8, 4) is 0 Å². The molecule has 0 fully saturated rings. The van der Waals surface area contributed by atoms with Crippen molar-refractivity contribution in [2.75, 3.05) is 0 Å². The van der Waals surface area contributed by atoms with E-state index in [0.29, 0.717) is 0 Å². The van der Waals surface area contributed by atoms with Gasteiger partial charge in [-0.3, -0.25) is 9.48 Å². The molecule has 0 saturated heterocycles. The van der Waals surface area contributed by atoms with Gasteiger partial charge in [-0.2, -0.15) is 5.10 Å². The van der Waals surface area contributed by atoms with Crippen molar-refractivity contribution in [2.45, 2.75) is 32.1 Å². The van der Waals surface area contributed by atoms with E-state index in [2.05, 4.69) is 5.10 Å². The van der Waals surface area contributed by atoms with E-state index in [0.717, 1.165) is 4.68 Å². The average Bonchev–Trinajstić information content (AvgIpc) is 2.41. The van der Waals surface area contributed by atoms with Gasteiger partial charge >= 0.3 is 5.97 Å². The lowest BCUT2D eigenvalue weighted by Gasteiger charge is -2.16. The van der Waals surface area contributed by atoms with Gasteiger partial charge in [-0.05, 0) is 5.92 Å². The molecule has 7 heteroatoms. The van der Waals surface area contributed by atoms with Gasteiger partial charge in [-0.15, -0.1) is 0 Å². The van der Waals surface area contributed by atoms with Crippen LogP contribution in [0.1, 0.15) is 37.4 Å². The number of rotatable bonds is 4. The first-order valence-corrected chi connectivity index (χ1v) is 5.37. The number of aliphatic carboxylic acids is 1. The zero-order chi connectivity index (χ0) is 13.4. The van der Waals surface area contributed by atoms with Crippen LogP contribution in [0.25, 0.3) is 0 Å². The van der Waals surface area contributed by atoms with Gasteiger partial charge in [0.15, 0.2) is 0 Å². The average molecular weight is 267 g/mol. The maximum Gasteiger partial charge on any atom is 0.309 e. The minimum absolute atomic E-state index is 0.128. The largest absolute Gasteiger partial charge is 0.481 e. The van der Waals surface area contributed by atoms with Crippen LogP contribution in [-0.4, -0.2) is 20.9 Å². The number of halogens is 3. The second-order valence-electron chi connectivity index (χ2n) is 4.10. The highest BCUT2D eigenvalue weighted by molar-refractivity contribution is 6.30. The first-order valence-electron chi connectivity index (χ1n) is 4.99. The number of carbonyl (C=O) groups is 1. The summed E-state index contributed by atoms with van der Waals surface area (Å²) in [7, 11) is 1.44. The quantitative estimate of drug-likeness (QED) is 0.912. The Morgan fingerprint density at radius 2 is 2.12 bits per heavy atom. The molecule has 0 bridgehead atoms. The Hall–Kier alpha value is -1.17. The van der Waals surface area contributed by atoms with Gasteiger partial charge in [0.25, 0.3) is 5.92 Å². The van der Waals surface area contributed by atoms with Gasteiger partial charge in [0.2, 0.25) is 0 Å². The summed E-state index contributed by atoms with van der Waals surface area (Å²) < 4.78 is 28.7. The van der Waals surface area contributed by atoms with Crippen LogP contribution >= 0.6 is 11.6 Å². The van der Waals surface area contributed by atoms with Crippen LogP contribution in [0.2, 0.25) is 5.15 Å². The standard InChI is InChI=1S/C10H13ClF2N2O2/c1-5(2)8-7(9(11)15(3)14-8)10(12,13)4-6(16)17/h5H,4H2,1-3H3,(H,16,17). The summed E-state index contributed by atoms with van der Waals surface area (Å²) >= 11 is 5.75. The Balaban J connectivity index is 3.33. The second kappa shape index (κ2) is 4.60. The molecule has 0 aromatic carbocycles. The number of aromatic nitrogens is 2. The molecule has 0 atom stereocenters. The lowest BCUT2D eigenvalue weighted by Crippen LogP contribution is -2.20. The molecule has 0 spiro atoms. The fraction of sp³-hybridized carbons (Fsp3) is 0.600. The predicted molar refractivity (Wildman–Crippen MR) is 58.5 cm³/mol. The molecule has 0 aliphatic heterocycles. The molecule has 0 saturated carbocycles. The highest BCUT2D eigenvalue weighted by Crippen LogP contribution is 2.40. The highest BCUT2D eigenvalue weighted by Gasteiger charge is 2.41. The molecule has 0 unspecified atom stereocenters. The fourth-order valence-corrected chi connectivity index (χ4v) is 1.82. The van der Waals surface area contributed by atoms with Crippen LogP contribution < -0.4 is 0 Å². The first-order chi connectivity index (χ1) is 7.66. The number of alkyl halides is 2. The molecular weight excluding hydrogens is 254 g/mol. The van der Waals surface area contributed by atoms with Crippen molar-refractivity contribution in [3.05, 3.63) is 16.4 Å². The maximum atomic E-state index is 13.8. The van der Waals surface area contributed by atoms with Crippen LogP contribution in [0.4, 0.5) is 8.78 Å². The van der Waals surface area contributed by atoms with E-state index in [1.807, 2.05) is 0 Å². The molecular formula is C10H13ClF2N2O2. The third-order valence-corrected chi connectivity index (χ3v) is 2.72. The molecule has 1 aromatic heterocycles. The van der Waals surface area contributed by atoms with Crippen molar-refractivity contribution < 1.29 is 18.7 Å². The molecule has 1 rings (SSSR count). The molecule has 96 valence electrons. The zero-order valence-electron chi connectivity index (χ0n) is 9.67. The van der Waals surface area contributed by atoms with Crippen molar-refractivity contribution >= 4 is 17.6 Å². The van der Waals surface area contributed by atoms with E-state index >= 15 is 0 Å². The smallest absolute Gasteiger partial charge is 0.309 e. The number of hydrogen-bond acceptors (Lipinski definition) is 2. The second-order valence-corrected chi connectivity index (χ2v) is 4.46. The Kier molecular flexibility index (Phi) is 3.76. The molecule has 0 aliphatic rings. The van der Waals surface area contributed by atoms with Gasteiger partial charge in [0, 0.05) is 7.05 Å². The molecule has 4 nitrogen and oxygen atoms in total. The van der Waals surface area contributed by atoms with Crippen LogP contribution in [0.5, 0.6) is 0 Å². The summed E-state index contributed by atoms with van der Waals surface area (Å²) in [5.74, 6) is -5.36. The Labute approximate surface area is 102 Å².